The standard InChI is InChI=1S/C21H22N4O2/c26-21(14-25-18-9-5-4-8-17(18)22-23-25)24-11-10-16-12-19(27-20(16)13-24)15-6-2-1-3-7-15/h1-3,6-7,12H,4-5,8-11,13-14H2. The molecule has 0 N–H and O–H groups in total. The number of carbonyl (C=O) groups is 1. The van der Waals surface area contributed by atoms with Crippen molar-refractivity contribution >= 4 is 5.91 Å². The zero-order valence-corrected chi connectivity index (χ0v) is 15.2. The topological polar surface area (TPSA) is 64.2 Å². The number of amides is 1. The highest BCUT2D eigenvalue weighted by molar-refractivity contribution is 5.76. The van der Waals surface area contributed by atoms with E-state index in [1.807, 2.05) is 35.2 Å². The quantitative estimate of drug-likeness (QED) is 0.718. The van der Waals surface area contributed by atoms with Crippen molar-refractivity contribution in [2.24, 2.45) is 0 Å². The van der Waals surface area contributed by atoms with Crippen molar-refractivity contribution in [1.29, 1.82) is 0 Å². The molecule has 1 aliphatic carbocycles. The third-order valence-electron chi connectivity index (χ3n) is 5.57. The number of furan rings is 1. The van der Waals surface area contributed by atoms with E-state index in [1.54, 1.807) is 4.68 Å². The fourth-order valence-electron chi connectivity index (χ4n) is 4.05. The molecule has 0 unspecified atom stereocenters. The van der Waals surface area contributed by atoms with E-state index in [0.29, 0.717) is 6.54 Å². The molecule has 3 heterocycles. The van der Waals surface area contributed by atoms with Crippen LogP contribution in [-0.2, 0) is 37.1 Å². The normalized spacial score (nSPS) is 16.1. The summed E-state index contributed by atoms with van der Waals surface area (Å²) in [6.45, 7) is 1.51. The maximum absolute atomic E-state index is 12.8. The summed E-state index contributed by atoms with van der Waals surface area (Å²) < 4.78 is 7.87. The Kier molecular flexibility index (Phi) is 4.03. The van der Waals surface area contributed by atoms with Crippen LogP contribution in [0.1, 0.15) is 35.6 Å². The summed E-state index contributed by atoms with van der Waals surface area (Å²) in [4.78, 5) is 14.7. The molecule has 0 saturated carbocycles. The molecule has 3 aromatic rings. The molecule has 2 aliphatic rings. The summed E-state index contributed by atoms with van der Waals surface area (Å²) in [5.41, 5.74) is 4.47. The second-order valence-corrected chi connectivity index (χ2v) is 7.34. The molecule has 5 rings (SSSR count). The minimum Gasteiger partial charge on any atom is -0.459 e. The lowest BCUT2D eigenvalue weighted by Crippen LogP contribution is -2.38. The highest BCUT2D eigenvalue weighted by Gasteiger charge is 2.26. The number of aromatic nitrogens is 3. The first-order valence-corrected chi connectivity index (χ1v) is 9.64. The Labute approximate surface area is 157 Å². The average molecular weight is 362 g/mol. The van der Waals surface area contributed by atoms with Crippen LogP contribution in [0.2, 0.25) is 0 Å². The Morgan fingerprint density at radius 1 is 1.11 bits per heavy atom. The molecule has 0 bridgehead atoms. The van der Waals surface area contributed by atoms with Crippen LogP contribution >= 0.6 is 0 Å². The van der Waals surface area contributed by atoms with Gasteiger partial charge in [-0.2, -0.15) is 0 Å². The van der Waals surface area contributed by atoms with Crippen LogP contribution in [0, 0.1) is 0 Å². The monoisotopic (exact) mass is 362 g/mol. The fourth-order valence-corrected chi connectivity index (χ4v) is 4.05. The molecular weight excluding hydrogens is 340 g/mol. The summed E-state index contributed by atoms with van der Waals surface area (Å²) in [5.74, 6) is 1.85. The van der Waals surface area contributed by atoms with Crippen molar-refractivity contribution in [3.05, 3.63) is 59.1 Å². The number of benzene rings is 1. The van der Waals surface area contributed by atoms with E-state index in [9.17, 15) is 4.79 Å². The number of nitrogens with zero attached hydrogens (tertiary/aromatic N) is 4. The van der Waals surface area contributed by atoms with Gasteiger partial charge in [0.05, 0.1) is 17.9 Å². The first kappa shape index (κ1) is 16.3. The van der Waals surface area contributed by atoms with Gasteiger partial charge >= 0.3 is 0 Å². The Morgan fingerprint density at radius 3 is 2.85 bits per heavy atom. The van der Waals surface area contributed by atoms with E-state index in [4.69, 9.17) is 4.42 Å². The highest BCUT2D eigenvalue weighted by atomic mass is 16.3. The maximum atomic E-state index is 12.8. The van der Waals surface area contributed by atoms with Crippen molar-refractivity contribution in [3.63, 3.8) is 0 Å². The molecule has 1 aromatic carbocycles. The molecule has 1 amide bonds. The Hall–Kier alpha value is -2.89. The van der Waals surface area contributed by atoms with Gasteiger partial charge in [0.15, 0.2) is 0 Å². The van der Waals surface area contributed by atoms with Gasteiger partial charge in [-0.25, -0.2) is 4.68 Å². The second-order valence-electron chi connectivity index (χ2n) is 7.34. The molecule has 0 fully saturated rings. The fraction of sp³-hybridized carbons (Fsp3) is 0.381. The molecule has 138 valence electrons. The number of fused-ring (bicyclic) bond motifs is 2. The molecule has 0 radical (unpaired) electrons. The Bertz CT molecular complexity index is 973. The van der Waals surface area contributed by atoms with Crippen LogP contribution in [0.4, 0.5) is 0 Å². The van der Waals surface area contributed by atoms with Crippen LogP contribution in [0.25, 0.3) is 11.3 Å². The van der Waals surface area contributed by atoms with Gasteiger partial charge in [-0.1, -0.05) is 35.5 Å². The highest BCUT2D eigenvalue weighted by Crippen LogP contribution is 2.29. The molecule has 6 nitrogen and oxygen atoms in total. The van der Waals surface area contributed by atoms with E-state index in [1.165, 1.54) is 5.56 Å². The third kappa shape index (κ3) is 3.05. The summed E-state index contributed by atoms with van der Waals surface area (Å²) in [7, 11) is 0. The molecule has 1 aliphatic heterocycles. The zero-order chi connectivity index (χ0) is 18.2. The van der Waals surface area contributed by atoms with Gasteiger partial charge in [0, 0.05) is 12.1 Å². The summed E-state index contributed by atoms with van der Waals surface area (Å²) >= 11 is 0. The van der Waals surface area contributed by atoms with E-state index in [0.717, 1.165) is 67.1 Å². The lowest BCUT2D eigenvalue weighted by molar-refractivity contribution is -0.133. The van der Waals surface area contributed by atoms with Gasteiger partial charge in [0.1, 0.15) is 18.1 Å². The van der Waals surface area contributed by atoms with E-state index >= 15 is 0 Å². The van der Waals surface area contributed by atoms with Gasteiger partial charge in [0.2, 0.25) is 5.91 Å². The van der Waals surface area contributed by atoms with Gasteiger partial charge in [-0.05, 0) is 43.7 Å². The van der Waals surface area contributed by atoms with Gasteiger partial charge in [-0.3, -0.25) is 4.79 Å². The Morgan fingerprint density at radius 2 is 1.96 bits per heavy atom. The molecule has 27 heavy (non-hydrogen) atoms. The smallest absolute Gasteiger partial charge is 0.244 e. The number of hydrogen-bond acceptors (Lipinski definition) is 4. The van der Waals surface area contributed by atoms with E-state index in [-0.39, 0.29) is 12.5 Å². The second kappa shape index (κ2) is 6.68. The van der Waals surface area contributed by atoms with Crippen molar-refractivity contribution in [2.45, 2.75) is 45.2 Å². The number of aryl methyl sites for hydroxylation is 1. The molecule has 0 saturated heterocycles. The van der Waals surface area contributed by atoms with Crippen molar-refractivity contribution in [2.75, 3.05) is 6.54 Å². The van der Waals surface area contributed by atoms with Crippen LogP contribution in [0.3, 0.4) is 0 Å². The molecule has 2 aromatic heterocycles. The zero-order valence-electron chi connectivity index (χ0n) is 15.2. The molecule has 0 atom stereocenters. The van der Waals surface area contributed by atoms with Crippen LogP contribution in [-0.4, -0.2) is 32.3 Å². The third-order valence-corrected chi connectivity index (χ3v) is 5.57. The lowest BCUT2D eigenvalue weighted by Gasteiger charge is -2.26. The van der Waals surface area contributed by atoms with Crippen molar-refractivity contribution < 1.29 is 9.21 Å². The van der Waals surface area contributed by atoms with Gasteiger partial charge in [-0.15, -0.1) is 5.10 Å². The SMILES string of the molecule is O=C(Cn1nnc2c1CCCC2)N1CCc2cc(-c3ccccc3)oc2C1. The minimum atomic E-state index is 0.0802. The van der Waals surface area contributed by atoms with Gasteiger partial charge in [0.25, 0.3) is 0 Å². The number of carbonyl (C=O) groups excluding carboxylic acids is 1. The predicted octanol–water partition coefficient (Wildman–Crippen LogP) is 3.00. The van der Waals surface area contributed by atoms with Crippen molar-refractivity contribution in [1.82, 2.24) is 19.9 Å². The summed E-state index contributed by atoms with van der Waals surface area (Å²) in [5, 5.41) is 8.47. The maximum Gasteiger partial charge on any atom is 0.244 e. The van der Waals surface area contributed by atoms with Crippen LogP contribution < -0.4 is 0 Å². The molecular formula is C21H22N4O2. The predicted molar refractivity (Wildman–Crippen MR) is 99.9 cm³/mol. The van der Waals surface area contributed by atoms with Gasteiger partial charge < -0.3 is 9.32 Å². The molecule has 6 heteroatoms. The van der Waals surface area contributed by atoms with E-state index < -0.39 is 0 Å². The lowest BCUT2D eigenvalue weighted by atomic mass is 10.0. The van der Waals surface area contributed by atoms with Crippen LogP contribution in [0.15, 0.2) is 40.8 Å². The van der Waals surface area contributed by atoms with Crippen LogP contribution in [0.5, 0.6) is 0 Å². The summed E-state index contributed by atoms with van der Waals surface area (Å²) in [6.07, 6.45) is 5.09. The van der Waals surface area contributed by atoms with E-state index in [2.05, 4.69) is 16.4 Å². The molecule has 0 spiro atoms. The number of hydrogen-bond donors (Lipinski definition) is 0. The first-order valence-electron chi connectivity index (χ1n) is 9.64. The van der Waals surface area contributed by atoms with Crippen molar-refractivity contribution in [3.8, 4) is 11.3 Å². The number of rotatable bonds is 3. The first-order chi connectivity index (χ1) is 13.3. The summed E-state index contributed by atoms with van der Waals surface area (Å²) in [6, 6.07) is 12.2. The average Bonchev–Trinajstić information content (AvgIpc) is 3.32. The minimum absolute atomic E-state index is 0.0802. The Balaban J connectivity index is 1.31. The largest absolute Gasteiger partial charge is 0.459 e.